The molecule has 0 unspecified atom stereocenters. The van der Waals surface area contributed by atoms with Crippen LogP contribution in [0.15, 0.2) is 18.2 Å². The summed E-state index contributed by atoms with van der Waals surface area (Å²) < 4.78 is 41.3. The number of ether oxygens (including phenoxy) is 1. The van der Waals surface area contributed by atoms with Gasteiger partial charge in [0.05, 0.1) is 12.1 Å². The van der Waals surface area contributed by atoms with Crippen LogP contribution in [0.5, 0.6) is 5.75 Å². The molecule has 0 fully saturated rings. The zero-order chi connectivity index (χ0) is 17.2. The second-order valence-corrected chi connectivity index (χ2v) is 6.36. The van der Waals surface area contributed by atoms with Crippen LogP contribution in [-0.2, 0) is 17.6 Å². The summed E-state index contributed by atoms with van der Waals surface area (Å²) in [6.45, 7) is 5.12. The largest absolute Gasteiger partial charge is 0.573 e. The van der Waals surface area contributed by atoms with Gasteiger partial charge in [-0.25, -0.2) is 4.98 Å². The van der Waals surface area contributed by atoms with E-state index in [-0.39, 0.29) is 18.0 Å². The minimum Gasteiger partial charge on any atom is -0.406 e. The second-order valence-electron chi connectivity index (χ2n) is 5.19. The predicted octanol–water partition coefficient (Wildman–Crippen LogP) is 4.71. The molecule has 0 aliphatic heterocycles. The van der Waals surface area contributed by atoms with Crippen molar-refractivity contribution in [1.82, 2.24) is 4.98 Å². The third-order valence-corrected chi connectivity index (χ3v) is 4.22. The topological polar surface area (TPSA) is 39.2 Å². The number of hydrogen-bond donors (Lipinski definition) is 0. The van der Waals surface area contributed by atoms with Crippen molar-refractivity contribution < 1.29 is 22.7 Å². The van der Waals surface area contributed by atoms with E-state index >= 15 is 0 Å². The van der Waals surface area contributed by atoms with Gasteiger partial charge < -0.3 is 4.74 Å². The smallest absolute Gasteiger partial charge is 0.406 e. The van der Waals surface area contributed by atoms with Crippen LogP contribution in [0, 0.1) is 6.92 Å². The number of halogens is 3. The van der Waals surface area contributed by atoms with E-state index in [1.54, 1.807) is 13.0 Å². The number of benzene rings is 1. The summed E-state index contributed by atoms with van der Waals surface area (Å²) in [6, 6.07) is 4.41. The van der Waals surface area contributed by atoms with E-state index in [1.807, 2.05) is 6.92 Å². The molecule has 23 heavy (non-hydrogen) atoms. The van der Waals surface area contributed by atoms with Crippen molar-refractivity contribution in [1.29, 1.82) is 0 Å². The van der Waals surface area contributed by atoms with Crippen molar-refractivity contribution in [3.05, 3.63) is 33.6 Å². The highest BCUT2D eigenvalue weighted by atomic mass is 32.1. The second kappa shape index (κ2) is 6.70. The maximum Gasteiger partial charge on any atom is 0.573 e. The van der Waals surface area contributed by atoms with E-state index in [0.717, 1.165) is 4.88 Å². The van der Waals surface area contributed by atoms with E-state index in [2.05, 4.69) is 9.72 Å². The van der Waals surface area contributed by atoms with Crippen molar-refractivity contribution in [3.63, 3.8) is 0 Å². The Bertz CT molecular complexity index is 723. The minimum absolute atomic E-state index is 0.00158. The molecular formula is C16H16F3NO2S. The fourth-order valence-electron chi connectivity index (χ4n) is 2.23. The van der Waals surface area contributed by atoms with E-state index in [9.17, 15) is 18.0 Å². The van der Waals surface area contributed by atoms with E-state index in [4.69, 9.17) is 0 Å². The van der Waals surface area contributed by atoms with Gasteiger partial charge in [-0.05, 0) is 44.0 Å². The van der Waals surface area contributed by atoms with Gasteiger partial charge in [0.1, 0.15) is 16.5 Å². The monoisotopic (exact) mass is 343 g/mol. The first kappa shape index (κ1) is 17.5. The van der Waals surface area contributed by atoms with E-state index < -0.39 is 6.36 Å². The molecule has 0 atom stereocenters. The molecule has 0 N–H and O–H groups in total. The van der Waals surface area contributed by atoms with Crippen molar-refractivity contribution in [3.8, 4) is 17.0 Å². The zero-order valence-electron chi connectivity index (χ0n) is 13.0. The summed E-state index contributed by atoms with van der Waals surface area (Å²) in [6.07, 6.45) is -3.82. The molecule has 0 radical (unpaired) electrons. The Balaban J connectivity index is 2.44. The van der Waals surface area contributed by atoms with Crippen molar-refractivity contribution in [2.24, 2.45) is 0 Å². The van der Waals surface area contributed by atoms with Gasteiger partial charge in [-0.15, -0.1) is 24.5 Å². The third-order valence-electron chi connectivity index (χ3n) is 3.02. The summed E-state index contributed by atoms with van der Waals surface area (Å²) in [5.41, 5.74) is 1.82. The number of hydrogen-bond acceptors (Lipinski definition) is 4. The zero-order valence-corrected chi connectivity index (χ0v) is 13.8. The van der Waals surface area contributed by atoms with Crippen LogP contribution >= 0.6 is 11.3 Å². The average Bonchev–Trinajstić information content (AvgIpc) is 2.78. The molecule has 1 aromatic heterocycles. The normalized spacial score (nSPS) is 11.6. The van der Waals surface area contributed by atoms with Gasteiger partial charge in [-0.2, -0.15) is 0 Å². The first-order valence-electron chi connectivity index (χ1n) is 7.03. The first-order chi connectivity index (χ1) is 10.7. The molecule has 0 amide bonds. The Morgan fingerprint density at radius 1 is 1.30 bits per heavy atom. The summed E-state index contributed by atoms with van der Waals surface area (Å²) in [5, 5.41) is 0.671. The number of alkyl halides is 3. The maximum atomic E-state index is 12.4. The Labute approximate surface area is 136 Å². The lowest BCUT2D eigenvalue weighted by molar-refractivity contribution is -0.274. The van der Waals surface area contributed by atoms with Crippen LogP contribution in [0.2, 0.25) is 0 Å². The molecule has 1 heterocycles. The molecule has 0 saturated heterocycles. The van der Waals surface area contributed by atoms with Gasteiger partial charge in [0.15, 0.2) is 0 Å². The number of aromatic nitrogens is 1. The fraction of sp³-hybridized carbons (Fsp3) is 0.375. The van der Waals surface area contributed by atoms with Gasteiger partial charge >= 0.3 is 6.36 Å². The van der Waals surface area contributed by atoms with Crippen LogP contribution in [0.4, 0.5) is 13.2 Å². The molecule has 0 saturated carbocycles. The lowest BCUT2D eigenvalue weighted by Crippen LogP contribution is -2.17. The van der Waals surface area contributed by atoms with Crippen LogP contribution in [0.25, 0.3) is 11.3 Å². The molecule has 0 bridgehead atoms. The Morgan fingerprint density at radius 3 is 2.57 bits per heavy atom. The predicted molar refractivity (Wildman–Crippen MR) is 82.7 cm³/mol. The van der Waals surface area contributed by atoms with E-state index in [1.165, 1.54) is 30.4 Å². The number of nitrogens with zero attached hydrogens (tertiary/aromatic N) is 1. The van der Waals surface area contributed by atoms with Crippen molar-refractivity contribution >= 4 is 17.1 Å². The molecule has 2 rings (SSSR count). The number of aryl methyl sites for hydroxylation is 2. The van der Waals surface area contributed by atoms with E-state index in [0.29, 0.717) is 28.2 Å². The Kier molecular flexibility index (Phi) is 5.09. The Morgan fingerprint density at radius 2 is 2.00 bits per heavy atom. The highest BCUT2D eigenvalue weighted by Gasteiger charge is 2.31. The van der Waals surface area contributed by atoms with Crippen LogP contribution < -0.4 is 4.74 Å². The molecule has 0 spiro atoms. The summed E-state index contributed by atoms with van der Waals surface area (Å²) in [7, 11) is 0. The number of carbonyl (C=O) groups excluding carboxylic acids is 1. The Hall–Kier alpha value is -1.89. The number of ketones is 1. The SMILES string of the molecule is CCc1sc(CC(C)=O)nc1-c1cc(C)cc(OC(F)(F)F)c1. The molecule has 124 valence electrons. The molecule has 1 aromatic carbocycles. The van der Waals surface area contributed by atoms with Gasteiger partial charge in [0, 0.05) is 10.4 Å². The standard InChI is InChI=1S/C16H16F3NO2S/c1-4-13-15(20-14(23-13)7-10(3)21)11-5-9(2)6-12(8-11)22-16(17,18)19/h5-6,8H,4,7H2,1-3H3. The average molecular weight is 343 g/mol. The number of carbonyl (C=O) groups is 1. The van der Waals surface area contributed by atoms with Gasteiger partial charge in [0.25, 0.3) is 0 Å². The number of thiazole rings is 1. The van der Waals surface area contributed by atoms with Crippen LogP contribution in [-0.4, -0.2) is 17.1 Å². The van der Waals surface area contributed by atoms with Gasteiger partial charge in [-0.1, -0.05) is 6.92 Å². The minimum atomic E-state index is -4.74. The number of Topliss-reactive ketones (excluding diaryl/α,β-unsaturated/α-hetero) is 1. The number of rotatable bonds is 5. The molecule has 7 heteroatoms. The maximum absolute atomic E-state index is 12.4. The van der Waals surface area contributed by atoms with Gasteiger partial charge in [-0.3, -0.25) is 4.79 Å². The summed E-state index contributed by atoms with van der Waals surface area (Å²) in [5.74, 6) is -0.269. The molecular weight excluding hydrogens is 327 g/mol. The molecule has 0 aliphatic rings. The van der Waals surface area contributed by atoms with Crippen LogP contribution in [0.1, 0.15) is 29.3 Å². The highest BCUT2D eigenvalue weighted by molar-refractivity contribution is 7.12. The lowest BCUT2D eigenvalue weighted by Gasteiger charge is -2.11. The highest BCUT2D eigenvalue weighted by Crippen LogP contribution is 2.33. The van der Waals surface area contributed by atoms with Crippen molar-refractivity contribution in [2.75, 3.05) is 0 Å². The first-order valence-corrected chi connectivity index (χ1v) is 7.85. The third kappa shape index (κ3) is 4.79. The van der Waals surface area contributed by atoms with Gasteiger partial charge in [0.2, 0.25) is 0 Å². The molecule has 3 nitrogen and oxygen atoms in total. The summed E-state index contributed by atoms with van der Waals surface area (Å²) in [4.78, 5) is 16.6. The lowest BCUT2D eigenvalue weighted by atomic mass is 10.1. The fourth-order valence-corrected chi connectivity index (χ4v) is 3.33. The van der Waals surface area contributed by atoms with Crippen LogP contribution in [0.3, 0.4) is 0 Å². The van der Waals surface area contributed by atoms with Crippen molar-refractivity contribution in [2.45, 2.75) is 40.0 Å². The quantitative estimate of drug-likeness (QED) is 0.789. The molecule has 2 aromatic rings. The summed E-state index contributed by atoms with van der Waals surface area (Å²) >= 11 is 1.41. The molecule has 0 aliphatic carbocycles.